The predicted molar refractivity (Wildman–Crippen MR) is 120 cm³/mol. The highest BCUT2D eigenvalue weighted by molar-refractivity contribution is 7.11. The number of thiazole rings is 1. The first kappa shape index (κ1) is 23.4. The van der Waals surface area contributed by atoms with Gasteiger partial charge in [0, 0.05) is 57.3 Å². The Hall–Kier alpha value is -1.83. The van der Waals surface area contributed by atoms with Crippen LogP contribution < -0.4 is 5.32 Å². The number of amides is 1. The number of carbonyl (C=O) groups excluding carboxylic acids is 1. The zero-order chi connectivity index (χ0) is 21.4. The van der Waals surface area contributed by atoms with E-state index in [1.807, 2.05) is 45.8 Å². The molecule has 0 aliphatic carbocycles. The van der Waals surface area contributed by atoms with Crippen molar-refractivity contribution in [1.29, 1.82) is 0 Å². The lowest BCUT2D eigenvalue weighted by Gasteiger charge is -2.36. The lowest BCUT2D eigenvalue weighted by atomic mass is 9.96. The van der Waals surface area contributed by atoms with Crippen LogP contribution in [0.25, 0.3) is 0 Å². The number of nitrogens with zero attached hydrogens (tertiary/aromatic N) is 4. The van der Waals surface area contributed by atoms with E-state index in [0.29, 0.717) is 12.5 Å². The highest BCUT2D eigenvalue weighted by Gasteiger charge is 2.27. The molecule has 1 aliphatic rings. The Labute approximate surface area is 179 Å². The fraction of sp³-hybridized carbons (Fsp3) is 0.762. The molecule has 1 aromatic heterocycles. The summed E-state index contributed by atoms with van der Waals surface area (Å²) in [7, 11) is 1.84. The molecule has 1 aromatic rings. The largest absolute Gasteiger partial charge is 0.444 e. The molecule has 1 saturated heterocycles. The third kappa shape index (κ3) is 7.84. The molecule has 0 unspecified atom stereocenters. The van der Waals surface area contributed by atoms with Crippen molar-refractivity contribution < 1.29 is 9.53 Å². The average molecular weight is 424 g/mol. The van der Waals surface area contributed by atoms with Crippen LogP contribution in [0.2, 0.25) is 0 Å². The summed E-state index contributed by atoms with van der Waals surface area (Å²) in [5, 5.41) is 4.62. The van der Waals surface area contributed by atoms with E-state index in [-0.39, 0.29) is 6.09 Å². The van der Waals surface area contributed by atoms with Gasteiger partial charge in [-0.15, -0.1) is 11.3 Å². The maximum absolute atomic E-state index is 12.4. The third-order valence-electron chi connectivity index (χ3n) is 4.93. The molecule has 0 bridgehead atoms. The van der Waals surface area contributed by atoms with Crippen molar-refractivity contribution in [3.05, 3.63) is 16.1 Å². The molecule has 8 heteroatoms. The normalized spacial score (nSPS) is 16.1. The van der Waals surface area contributed by atoms with E-state index in [9.17, 15) is 4.79 Å². The summed E-state index contributed by atoms with van der Waals surface area (Å²) >= 11 is 1.75. The lowest BCUT2D eigenvalue weighted by molar-refractivity contribution is 0.0214. The lowest BCUT2D eigenvalue weighted by Crippen LogP contribution is -2.48. The summed E-state index contributed by atoms with van der Waals surface area (Å²) in [6.07, 6.45) is 4.72. The number of aromatic nitrogens is 1. The molecular weight excluding hydrogens is 386 g/mol. The number of rotatable bonds is 6. The van der Waals surface area contributed by atoms with Crippen LogP contribution in [-0.4, -0.2) is 72.2 Å². The van der Waals surface area contributed by atoms with Crippen LogP contribution in [-0.2, 0) is 11.2 Å². The quantitative estimate of drug-likeness (QED) is 0.560. The van der Waals surface area contributed by atoms with Gasteiger partial charge in [0.15, 0.2) is 5.96 Å². The highest BCUT2D eigenvalue weighted by Crippen LogP contribution is 2.20. The molecule has 2 heterocycles. The van der Waals surface area contributed by atoms with Crippen molar-refractivity contribution in [2.75, 3.05) is 39.8 Å². The number of aliphatic imine (C=N–C) groups is 1. The number of hydrogen-bond acceptors (Lipinski definition) is 5. The summed E-state index contributed by atoms with van der Waals surface area (Å²) in [6.45, 7) is 14.0. The number of guanidine groups is 1. The summed E-state index contributed by atoms with van der Waals surface area (Å²) < 4.78 is 5.53. The van der Waals surface area contributed by atoms with Crippen LogP contribution >= 0.6 is 11.3 Å². The van der Waals surface area contributed by atoms with E-state index < -0.39 is 5.60 Å². The molecular formula is C21H37N5O2S. The second-order valence-corrected chi connectivity index (χ2v) is 9.86. The fourth-order valence-corrected chi connectivity index (χ4v) is 4.22. The Morgan fingerprint density at radius 3 is 2.62 bits per heavy atom. The Balaban J connectivity index is 1.76. The molecule has 1 N–H and O–H groups in total. The molecule has 29 heavy (non-hydrogen) atoms. The van der Waals surface area contributed by atoms with Gasteiger partial charge in [-0.3, -0.25) is 4.99 Å². The Bertz CT molecular complexity index is 675. The number of piperidine rings is 1. The topological polar surface area (TPSA) is 70.1 Å². The fourth-order valence-electron chi connectivity index (χ4n) is 3.43. The first-order valence-corrected chi connectivity index (χ1v) is 11.4. The Morgan fingerprint density at radius 2 is 2.10 bits per heavy atom. The van der Waals surface area contributed by atoms with Gasteiger partial charge in [0.05, 0.1) is 5.01 Å². The van der Waals surface area contributed by atoms with Gasteiger partial charge in [0.25, 0.3) is 0 Å². The number of ether oxygens (including phenoxy) is 1. The Kier molecular flexibility index (Phi) is 8.74. The van der Waals surface area contributed by atoms with Gasteiger partial charge >= 0.3 is 6.09 Å². The van der Waals surface area contributed by atoms with Gasteiger partial charge in [-0.2, -0.15) is 0 Å². The second-order valence-electron chi connectivity index (χ2n) is 8.54. The van der Waals surface area contributed by atoms with Crippen molar-refractivity contribution in [1.82, 2.24) is 20.1 Å². The van der Waals surface area contributed by atoms with Gasteiger partial charge < -0.3 is 19.9 Å². The van der Waals surface area contributed by atoms with E-state index in [1.54, 1.807) is 11.3 Å². The standard InChI is InChI=1S/C21H37N5O2S/c1-7-25(20(27)28-21(3,4)5)15-17-9-12-26(13-10-17)19(22-6)23-11-8-18-24-14-16(2)29-18/h14,17H,7-13,15H2,1-6H3,(H,22,23). The Morgan fingerprint density at radius 1 is 1.41 bits per heavy atom. The van der Waals surface area contributed by atoms with E-state index in [4.69, 9.17) is 4.74 Å². The van der Waals surface area contributed by atoms with Crippen LogP contribution in [0.3, 0.4) is 0 Å². The minimum Gasteiger partial charge on any atom is -0.444 e. The predicted octanol–water partition coefficient (Wildman–Crippen LogP) is 3.54. The molecule has 164 valence electrons. The zero-order valence-electron chi connectivity index (χ0n) is 18.8. The molecule has 0 saturated carbocycles. The van der Waals surface area contributed by atoms with E-state index in [1.165, 1.54) is 4.88 Å². The minimum atomic E-state index is -0.455. The first-order chi connectivity index (χ1) is 13.7. The van der Waals surface area contributed by atoms with Crippen LogP contribution in [0, 0.1) is 12.8 Å². The smallest absolute Gasteiger partial charge is 0.410 e. The highest BCUT2D eigenvalue weighted by atomic mass is 32.1. The van der Waals surface area contributed by atoms with E-state index in [2.05, 4.69) is 27.1 Å². The van der Waals surface area contributed by atoms with Crippen LogP contribution in [0.15, 0.2) is 11.2 Å². The maximum Gasteiger partial charge on any atom is 0.410 e. The number of carbonyl (C=O) groups is 1. The molecule has 1 amide bonds. The van der Waals surface area contributed by atoms with Gasteiger partial charge in [-0.1, -0.05) is 0 Å². The molecule has 0 aromatic carbocycles. The third-order valence-corrected chi connectivity index (χ3v) is 5.90. The zero-order valence-corrected chi connectivity index (χ0v) is 19.6. The van der Waals surface area contributed by atoms with E-state index >= 15 is 0 Å². The molecule has 1 aliphatic heterocycles. The van der Waals surface area contributed by atoms with Crippen molar-refractivity contribution >= 4 is 23.4 Å². The molecule has 2 rings (SSSR count). The molecule has 0 atom stereocenters. The number of hydrogen-bond donors (Lipinski definition) is 1. The molecule has 0 spiro atoms. The number of likely N-dealkylation sites (tertiary alicyclic amines) is 1. The average Bonchev–Trinajstić information content (AvgIpc) is 3.07. The van der Waals surface area contributed by atoms with Crippen molar-refractivity contribution in [2.45, 2.75) is 59.5 Å². The monoisotopic (exact) mass is 423 g/mol. The number of nitrogens with one attached hydrogen (secondary N) is 1. The first-order valence-electron chi connectivity index (χ1n) is 10.6. The molecule has 7 nitrogen and oxygen atoms in total. The summed E-state index contributed by atoms with van der Waals surface area (Å²) in [5.74, 6) is 1.45. The van der Waals surface area contributed by atoms with Crippen molar-refractivity contribution in [3.8, 4) is 0 Å². The van der Waals surface area contributed by atoms with Gasteiger partial charge in [0.1, 0.15) is 5.60 Å². The number of aryl methyl sites for hydroxylation is 1. The van der Waals surface area contributed by atoms with Crippen LogP contribution in [0.5, 0.6) is 0 Å². The van der Waals surface area contributed by atoms with Crippen LogP contribution in [0.4, 0.5) is 4.79 Å². The van der Waals surface area contributed by atoms with Gasteiger partial charge in [0.2, 0.25) is 0 Å². The molecule has 1 fully saturated rings. The van der Waals surface area contributed by atoms with Crippen molar-refractivity contribution in [2.24, 2.45) is 10.9 Å². The molecule has 0 radical (unpaired) electrons. The SMILES string of the molecule is CCN(CC1CCN(C(=NC)NCCc2ncc(C)s2)CC1)C(=O)OC(C)(C)C. The minimum absolute atomic E-state index is 0.211. The summed E-state index contributed by atoms with van der Waals surface area (Å²) in [5.41, 5.74) is -0.455. The summed E-state index contributed by atoms with van der Waals surface area (Å²) in [4.78, 5) is 26.6. The van der Waals surface area contributed by atoms with E-state index in [0.717, 1.165) is 56.4 Å². The van der Waals surface area contributed by atoms with Crippen LogP contribution in [0.1, 0.15) is 50.4 Å². The second kappa shape index (κ2) is 10.8. The van der Waals surface area contributed by atoms with Gasteiger partial charge in [-0.05, 0) is 53.4 Å². The maximum atomic E-state index is 12.4. The van der Waals surface area contributed by atoms with Gasteiger partial charge in [-0.25, -0.2) is 9.78 Å². The summed E-state index contributed by atoms with van der Waals surface area (Å²) in [6, 6.07) is 0. The van der Waals surface area contributed by atoms with Crippen molar-refractivity contribution in [3.63, 3.8) is 0 Å².